The summed E-state index contributed by atoms with van der Waals surface area (Å²) in [5, 5.41) is 20.3. The predicted molar refractivity (Wildman–Crippen MR) is 302 cm³/mol. The zero-order valence-electron chi connectivity index (χ0n) is 47.4. The molecule has 0 heterocycles. The van der Waals surface area contributed by atoms with Crippen LogP contribution in [0.5, 0.6) is 0 Å². The summed E-state index contributed by atoms with van der Waals surface area (Å²) < 4.78 is 9.80. The first-order valence-electron chi connectivity index (χ1n) is 29.9. The normalized spacial score (nSPS) is 10.7. The summed E-state index contributed by atoms with van der Waals surface area (Å²) >= 11 is 0. The standard InChI is InChI=1S/2C23H42O4.2C8H17.Sn/c2*1-2-3-4-5-6-7-8-9-10-11-12-13-14-15-16-17-18-21-27-23(26)20-19-22(24)25;2*1-3-5-7-8-6-4-2;/h2*19-20H,2-18,21H2,1H3,(H,24,25);2*1,3-8H2,2H3;/q;;;;+2/p-2/b2*20-19-;;;. The minimum absolute atomic E-state index is 0. The zero-order chi connectivity index (χ0) is 52.5. The monoisotopic (exact) mass is 1110 g/mol. The van der Waals surface area contributed by atoms with Crippen LogP contribution in [-0.2, 0) is 28.7 Å². The molecule has 0 amide bonds. The van der Waals surface area contributed by atoms with Gasteiger partial charge in [0.15, 0.2) is 0 Å². The number of ether oxygens (including phenoxy) is 2. The van der Waals surface area contributed by atoms with Crippen molar-refractivity contribution < 1.29 is 38.9 Å². The van der Waals surface area contributed by atoms with Gasteiger partial charge >= 0.3 is 35.8 Å². The van der Waals surface area contributed by atoms with Crippen LogP contribution in [0.2, 0.25) is 0 Å². The molecule has 8 nitrogen and oxygen atoms in total. The van der Waals surface area contributed by atoms with E-state index in [0.29, 0.717) is 25.4 Å². The molecule has 0 saturated heterocycles. The molecule has 0 aliphatic rings. The van der Waals surface area contributed by atoms with E-state index in [2.05, 4.69) is 41.5 Å². The van der Waals surface area contributed by atoms with Crippen molar-refractivity contribution in [2.75, 3.05) is 13.2 Å². The van der Waals surface area contributed by atoms with Gasteiger partial charge in [0.25, 0.3) is 0 Å². The van der Waals surface area contributed by atoms with Crippen molar-refractivity contribution in [1.29, 1.82) is 0 Å². The number of aliphatic carboxylic acids is 2. The van der Waals surface area contributed by atoms with Crippen LogP contribution in [0.4, 0.5) is 0 Å². The molecule has 0 bridgehead atoms. The minimum Gasteiger partial charge on any atom is -0.545 e. The second-order valence-electron chi connectivity index (χ2n) is 19.5. The molecule has 71 heavy (non-hydrogen) atoms. The van der Waals surface area contributed by atoms with E-state index in [1.165, 1.54) is 257 Å². The summed E-state index contributed by atoms with van der Waals surface area (Å²) in [6.45, 7) is 17.3. The maximum absolute atomic E-state index is 11.1. The maximum atomic E-state index is 11.1. The molecule has 0 atom stereocenters. The second kappa shape index (κ2) is 74.7. The molecule has 0 aromatic carbocycles. The summed E-state index contributed by atoms with van der Waals surface area (Å²) in [4.78, 5) is 42.5. The molecule has 0 saturated carbocycles. The van der Waals surface area contributed by atoms with Gasteiger partial charge in [-0.1, -0.05) is 324 Å². The van der Waals surface area contributed by atoms with Crippen LogP contribution in [0.25, 0.3) is 0 Å². The fourth-order valence-electron chi connectivity index (χ4n) is 7.93. The quantitative estimate of drug-likeness (QED) is 0.0255. The number of carboxylic acids is 2. The smallest absolute Gasteiger partial charge is 0.545 e. The number of carbonyl (C=O) groups is 4. The molecule has 0 spiro atoms. The molecule has 9 heteroatoms. The van der Waals surface area contributed by atoms with Gasteiger partial charge in [-0.25, -0.2) is 9.59 Å². The van der Waals surface area contributed by atoms with Crippen LogP contribution in [-0.4, -0.2) is 61.0 Å². The first-order chi connectivity index (χ1) is 34.2. The van der Waals surface area contributed by atoms with Crippen molar-refractivity contribution in [3.8, 4) is 0 Å². The van der Waals surface area contributed by atoms with E-state index >= 15 is 0 Å². The minimum atomic E-state index is -1.38. The van der Waals surface area contributed by atoms with E-state index in [9.17, 15) is 29.4 Å². The Morgan fingerprint density at radius 1 is 0.296 bits per heavy atom. The Balaban J connectivity index is -0.000000309. The Kier molecular flexibility index (Phi) is 82.1. The number of hydrogen-bond donors (Lipinski definition) is 0. The van der Waals surface area contributed by atoms with Gasteiger partial charge in [0.05, 0.1) is 25.2 Å². The molecular formula is C62H116O8Sn. The van der Waals surface area contributed by atoms with Gasteiger partial charge in [0.1, 0.15) is 0 Å². The number of unbranched alkanes of at least 4 members (excludes halogenated alkanes) is 42. The van der Waals surface area contributed by atoms with Gasteiger partial charge in [0, 0.05) is 12.2 Å². The molecule has 0 fully saturated rings. The van der Waals surface area contributed by atoms with Crippen molar-refractivity contribution in [2.45, 2.75) is 323 Å². The van der Waals surface area contributed by atoms with E-state index < -0.39 is 23.9 Å². The van der Waals surface area contributed by atoms with E-state index in [4.69, 9.17) is 9.47 Å². The van der Waals surface area contributed by atoms with Crippen LogP contribution >= 0.6 is 0 Å². The fraction of sp³-hybridized carbons (Fsp3) is 0.839. The van der Waals surface area contributed by atoms with E-state index in [1.54, 1.807) is 0 Å². The number of rotatable bonds is 50. The molecule has 4 radical (unpaired) electrons. The van der Waals surface area contributed by atoms with Crippen LogP contribution in [0, 0.1) is 13.8 Å². The number of carbonyl (C=O) groups excluding carboxylic acids is 4. The van der Waals surface area contributed by atoms with Gasteiger partial charge in [-0.3, -0.25) is 0 Å². The molecule has 0 N–H and O–H groups in total. The Morgan fingerprint density at radius 2 is 0.465 bits per heavy atom. The largest absolute Gasteiger partial charge is 2.00 e. The molecule has 0 unspecified atom stereocenters. The van der Waals surface area contributed by atoms with Crippen LogP contribution in [0.1, 0.15) is 323 Å². The number of carboxylic acid groups (broad SMARTS) is 2. The van der Waals surface area contributed by atoms with Crippen molar-refractivity contribution in [3.05, 3.63) is 38.2 Å². The van der Waals surface area contributed by atoms with E-state index in [1.807, 2.05) is 0 Å². The third-order valence-electron chi connectivity index (χ3n) is 12.4. The third-order valence-corrected chi connectivity index (χ3v) is 12.4. The second-order valence-corrected chi connectivity index (χ2v) is 19.5. The zero-order valence-corrected chi connectivity index (χ0v) is 50.3. The third kappa shape index (κ3) is 88.2. The van der Waals surface area contributed by atoms with Crippen molar-refractivity contribution in [1.82, 2.24) is 0 Å². The Bertz CT molecular complexity index is 997. The maximum Gasteiger partial charge on any atom is 2.00 e. The van der Waals surface area contributed by atoms with Crippen LogP contribution in [0.15, 0.2) is 24.3 Å². The molecule has 0 aromatic heterocycles. The molecule has 0 aliphatic carbocycles. The van der Waals surface area contributed by atoms with Crippen LogP contribution in [0.3, 0.4) is 0 Å². The van der Waals surface area contributed by atoms with Gasteiger partial charge in [-0.05, 0) is 25.0 Å². The van der Waals surface area contributed by atoms with Gasteiger partial charge in [-0.2, -0.15) is 0 Å². The Labute approximate surface area is 458 Å². The average molecular weight is 1110 g/mol. The number of esters is 2. The number of hydrogen-bond acceptors (Lipinski definition) is 8. The van der Waals surface area contributed by atoms with Crippen molar-refractivity contribution in [3.63, 3.8) is 0 Å². The van der Waals surface area contributed by atoms with E-state index in [-0.39, 0.29) is 23.9 Å². The summed E-state index contributed by atoms with van der Waals surface area (Å²) in [5.74, 6) is -4.00. The van der Waals surface area contributed by atoms with Crippen molar-refractivity contribution >= 4 is 47.8 Å². The summed E-state index contributed by atoms with van der Waals surface area (Å²) in [6.07, 6.45) is 63.8. The summed E-state index contributed by atoms with van der Waals surface area (Å²) in [5.41, 5.74) is 0. The van der Waals surface area contributed by atoms with E-state index in [0.717, 1.165) is 50.7 Å². The summed E-state index contributed by atoms with van der Waals surface area (Å²) in [6, 6.07) is 0. The Hall–Kier alpha value is -1.84. The van der Waals surface area contributed by atoms with Gasteiger partial charge in [-0.15, -0.1) is 0 Å². The first kappa shape index (κ1) is 78.1. The van der Waals surface area contributed by atoms with Crippen molar-refractivity contribution in [2.24, 2.45) is 0 Å². The molecule has 416 valence electrons. The molecule has 0 rings (SSSR count). The topological polar surface area (TPSA) is 133 Å². The first-order valence-corrected chi connectivity index (χ1v) is 29.9. The molecule has 0 aromatic rings. The fourth-order valence-corrected chi connectivity index (χ4v) is 7.93. The molecule has 0 aliphatic heterocycles. The molecular weight excluding hydrogens is 991 g/mol. The summed E-state index contributed by atoms with van der Waals surface area (Å²) in [7, 11) is 0. The van der Waals surface area contributed by atoms with Crippen LogP contribution < -0.4 is 10.2 Å². The Morgan fingerprint density at radius 3 is 0.634 bits per heavy atom. The SMILES string of the molecule is CCCCCCCCCCCCCCCCCCCOC(=O)/C=C\C(=O)[O-].CCCCCCCCCCCCCCCCCCCOC(=O)/C=C\C(=O)[O-].[CH2]CCCCCCC.[CH2]CCCCCCC.[Sn+2]. The average Bonchev–Trinajstić information content (AvgIpc) is 3.35. The van der Waals surface area contributed by atoms with Gasteiger partial charge in [0.2, 0.25) is 0 Å². The predicted octanol–water partition coefficient (Wildman–Crippen LogP) is 17.0. The van der Waals surface area contributed by atoms with Gasteiger partial charge < -0.3 is 29.3 Å².